The number of thiazole rings is 1. The highest BCUT2D eigenvalue weighted by molar-refractivity contribution is 7.09. The van der Waals surface area contributed by atoms with Crippen LogP contribution in [0.25, 0.3) is 0 Å². The van der Waals surface area contributed by atoms with Gasteiger partial charge in [0.15, 0.2) is 6.10 Å². The topological polar surface area (TPSA) is 180 Å². The van der Waals surface area contributed by atoms with E-state index >= 15 is 0 Å². The monoisotopic (exact) mass is 834 g/mol. The van der Waals surface area contributed by atoms with Crippen molar-refractivity contribution in [1.82, 2.24) is 25.6 Å². The summed E-state index contributed by atoms with van der Waals surface area (Å²) in [6.45, 7) is 13.1. The summed E-state index contributed by atoms with van der Waals surface area (Å²) < 4.78 is 5.84. The highest BCUT2D eigenvalue weighted by Crippen LogP contribution is 2.32. The Morgan fingerprint density at radius 1 is 1.14 bits per heavy atom. The fourth-order valence-corrected chi connectivity index (χ4v) is 7.93. The number of ether oxygens (including phenoxy) is 1. The summed E-state index contributed by atoms with van der Waals surface area (Å²) in [6.07, 6.45) is 9.25. The number of aliphatic carboxylic acids is 1. The van der Waals surface area contributed by atoms with Gasteiger partial charge in [-0.25, -0.2) is 10.0 Å². The molecule has 322 valence electrons. The summed E-state index contributed by atoms with van der Waals surface area (Å²) in [5.74, 6) is -0.597. The summed E-state index contributed by atoms with van der Waals surface area (Å²) in [6, 6.07) is 4.79. The molecule has 6 atom stereocenters. The zero-order valence-corrected chi connectivity index (χ0v) is 36.7. The first-order valence-electron chi connectivity index (χ1n) is 20.5. The molecular formula is C43H63BN6O8S. The fraction of sp³-hybridized carbons (Fsp3) is 0.628. The molecule has 1 aromatic carbocycles. The normalized spacial score (nSPS) is 17.1. The first-order valence-corrected chi connectivity index (χ1v) is 21.4. The molecule has 4 N–H and O–H groups in total. The Kier molecular flexibility index (Phi) is 19.4. The van der Waals surface area contributed by atoms with Crippen LogP contribution in [-0.2, 0) is 35.2 Å². The van der Waals surface area contributed by atoms with E-state index < -0.39 is 53.4 Å². The second-order valence-electron chi connectivity index (χ2n) is 16.5. The van der Waals surface area contributed by atoms with Crippen molar-refractivity contribution in [3.8, 4) is 12.3 Å². The maximum absolute atomic E-state index is 14.7. The Morgan fingerprint density at radius 2 is 1.83 bits per heavy atom. The molecule has 1 aliphatic heterocycles. The molecule has 0 aliphatic carbocycles. The standard InChI is InChI=1S/C43H63BN6O8S/c1-10-12-15-22-57-50(41(54)37(28(5)11-2)47-39(53)34-16-13-14-21-49(34)9)35(27(3)4)24-36(58-29(6)51)40-46-33(26-59-40)38(52)45-32(25-43(7,8)42(55)56)23-30-17-19-31(48-44)20-18-30/h1,17-20,26-28,32,34-37,48H,11-16,21-25H2,2-9H3,(H,45,52)(H,47,53)(H,55,56)/t28-,32-,34+,35+,36+,37-/m0/s1. The van der Waals surface area contributed by atoms with Crippen LogP contribution in [0.3, 0.4) is 0 Å². The van der Waals surface area contributed by atoms with E-state index in [-0.39, 0.29) is 48.9 Å². The van der Waals surface area contributed by atoms with E-state index in [1.165, 1.54) is 12.0 Å². The number of carbonyl (C=O) groups excluding carboxylic acids is 4. The molecule has 2 aromatic rings. The number of likely N-dealkylation sites (tertiary alicyclic amines) is 1. The minimum Gasteiger partial charge on any atom is -0.481 e. The number of nitrogens with one attached hydrogen (secondary N) is 3. The van der Waals surface area contributed by atoms with Crippen molar-refractivity contribution >= 4 is 54.7 Å². The molecule has 1 aliphatic rings. The molecule has 0 saturated carbocycles. The van der Waals surface area contributed by atoms with E-state index in [0.29, 0.717) is 42.8 Å². The number of hydrogen-bond donors (Lipinski definition) is 4. The lowest BCUT2D eigenvalue weighted by Gasteiger charge is -2.39. The summed E-state index contributed by atoms with van der Waals surface area (Å²) in [5, 5.41) is 21.7. The van der Waals surface area contributed by atoms with Crippen LogP contribution in [0.1, 0.15) is 127 Å². The van der Waals surface area contributed by atoms with E-state index in [9.17, 15) is 29.1 Å². The van der Waals surface area contributed by atoms with Crippen molar-refractivity contribution in [3.05, 3.63) is 45.9 Å². The maximum Gasteiger partial charge on any atom is 0.309 e. The average molecular weight is 835 g/mol. The molecule has 2 radical (unpaired) electrons. The first-order chi connectivity index (χ1) is 27.9. The Bertz CT molecular complexity index is 1750. The SMILES string of the molecule is [B]Nc1ccc(C[C@@H](CC(C)(C)C(=O)O)NC(=O)c2csc([C@@H](C[C@H](C(C)C)N(OCCCC#C)C(=O)[C@@H](NC(=O)[C@H]3CCCCN3C)[C@@H](C)CC)OC(C)=O)n2)cc1. The predicted molar refractivity (Wildman–Crippen MR) is 229 cm³/mol. The molecule has 14 nitrogen and oxygen atoms in total. The zero-order valence-electron chi connectivity index (χ0n) is 35.9. The maximum atomic E-state index is 14.7. The number of anilines is 1. The second-order valence-corrected chi connectivity index (χ2v) is 17.4. The number of unbranched alkanes of at least 4 members (excludes halogenated alkanes) is 1. The number of aromatic nitrogens is 1. The zero-order chi connectivity index (χ0) is 43.9. The Labute approximate surface area is 355 Å². The molecule has 3 amide bonds. The van der Waals surface area contributed by atoms with Crippen LogP contribution in [0, 0.1) is 29.6 Å². The van der Waals surface area contributed by atoms with Crippen LogP contribution in [-0.4, -0.2) is 102 Å². The summed E-state index contributed by atoms with van der Waals surface area (Å²) >= 11 is 1.13. The lowest BCUT2D eigenvalue weighted by atomic mass is 9.84. The van der Waals surface area contributed by atoms with Gasteiger partial charge in [-0.3, -0.25) is 33.7 Å². The Hall–Kier alpha value is -4.46. The van der Waals surface area contributed by atoms with Gasteiger partial charge in [-0.2, -0.15) is 0 Å². The molecule has 3 rings (SSSR count). The Balaban J connectivity index is 1.94. The Morgan fingerprint density at radius 3 is 2.41 bits per heavy atom. The highest BCUT2D eigenvalue weighted by atomic mass is 32.1. The van der Waals surface area contributed by atoms with Crippen molar-refractivity contribution in [2.75, 3.05) is 25.4 Å². The van der Waals surface area contributed by atoms with Crippen LogP contribution in [0.2, 0.25) is 0 Å². The minimum absolute atomic E-state index is 0.0646. The van der Waals surface area contributed by atoms with Crippen molar-refractivity contribution < 1.29 is 38.7 Å². The number of piperidine rings is 1. The van der Waals surface area contributed by atoms with E-state index in [4.69, 9.17) is 24.0 Å². The molecule has 59 heavy (non-hydrogen) atoms. The van der Waals surface area contributed by atoms with Gasteiger partial charge in [0.05, 0.1) is 24.1 Å². The van der Waals surface area contributed by atoms with E-state index in [1.54, 1.807) is 31.4 Å². The molecule has 1 aromatic heterocycles. The number of esters is 1. The third kappa shape index (κ3) is 14.6. The summed E-state index contributed by atoms with van der Waals surface area (Å²) in [5.41, 5.74) is 0.478. The molecule has 2 heterocycles. The minimum atomic E-state index is -1.15. The molecular weight excluding hydrogens is 771 g/mol. The quantitative estimate of drug-likeness (QED) is 0.0356. The molecule has 0 spiro atoms. The lowest BCUT2D eigenvalue weighted by Crippen LogP contribution is -2.58. The number of benzene rings is 1. The van der Waals surface area contributed by atoms with Crippen LogP contribution in [0.5, 0.6) is 0 Å². The molecule has 16 heteroatoms. The van der Waals surface area contributed by atoms with E-state index in [1.807, 2.05) is 51.8 Å². The number of carboxylic acids is 1. The molecule has 0 bridgehead atoms. The number of carbonyl (C=O) groups is 5. The first kappa shape index (κ1) is 48.9. The van der Waals surface area contributed by atoms with Gasteiger partial charge in [0.25, 0.3) is 11.8 Å². The highest BCUT2D eigenvalue weighted by Gasteiger charge is 2.40. The predicted octanol–water partition coefficient (Wildman–Crippen LogP) is 5.69. The fourth-order valence-electron chi connectivity index (χ4n) is 7.09. The second kappa shape index (κ2) is 23.4. The summed E-state index contributed by atoms with van der Waals surface area (Å²) in [7, 11) is 7.43. The number of terminal acetylenes is 1. The van der Waals surface area contributed by atoms with Gasteiger partial charge < -0.3 is 25.7 Å². The van der Waals surface area contributed by atoms with Gasteiger partial charge in [-0.1, -0.05) is 52.7 Å². The van der Waals surface area contributed by atoms with Gasteiger partial charge >= 0.3 is 11.9 Å². The average Bonchev–Trinajstić information content (AvgIpc) is 3.69. The van der Waals surface area contributed by atoms with Crippen molar-refractivity contribution in [3.63, 3.8) is 0 Å². The molecule has 1 saturated heterocycles. The van der Waals surface area contributed by atoms with Crippen LogP contribution in [0.15, 0.2) is 29.6 Å². The van der Waals surface area contributed by atoms with Gasteiger partial charge in [-0.05, 0) is 89.1 Å². The lowest BCUT2D eigenvalue weighted by molar-refractivity contribution is -0.213. The largest absolute Gasteiger partial charge is 0.481 e. The van der Waals surface area contributed by atoms with Crippen LogP contribution < -0.4 is 15.9 Å². The van der Waals surface area contributed by atoms with Crippen LogP contribution >= 0.6 is 11.3 Å². The smallest absolute Gasteiger partial charge is 0.309 e. The number of amides is 3. The number of hydrogen-bond acceptors (Lipinski definition) is 11. The summed E-state index contributed by atoms with van der Waals surface area (Å²) in [4.78, 5) is 79.7. The van der Waals surface area contributed by atoms with Gasteiger partial charge in [0, 0.05) is 36.9 Å². The number of rotatable bonds is 23. The van der Waals surface area contributed by atoms with Crippen molar-refractivity contribution in [2.45, 2.75) is 137 Å². The van der Waals surface area contributed by atoms with Crippen molar-refractivity contribution in [1.29, 1.82) is 0 Å². The van der Waals surface area contributed by atoms with E-state index in [0.717, 1.165) is 36.3 Å². The van der Waals surface area contributed by atoms with Gasteiger partial charge in [0.2, 0.25) is 13.9 Å². The number of carboxylic acid groups (broad SMARTS) is 1. The van der Waals surface area contributed by atoms with Gasteiger partial charge in [-0.15, -0.1) is 23.7 Å². The van der Waals surface area contributed by atoms with Crippen molar-refractivity contribution in [2.24, 2.45) is 17.3 Å². The number of likely N-dealkylation sites (N-methyl/N-ethyl adjacent to an activating group) is 1. The molecule has 0 unspecified atom stereocenters. The third-order valence-electron chi connectivity index (χ3n) is 10.9. The van der Waals surface area contributed by atoms with Crippen LogP contribution in [0.4, 0.5) is 5.69 Å². The number of hydroxylamine groups is 2. The van der Waals surface area contributed by atoms with E-state index in [2.05, 4.69) is 26.8 Å². The molecule has 1 fully saturated rings. The third-order valence-corrected chi connectivity index (χ3v) is 11.8. The van der Waals surface area contributed by atoms with Gasteiger partial charge in [0.1, 0.15) is 16.7 Å². The number of nitrogens with zero attached hydrogens (tertiary/aromatic N) is 3.